The number of amides is 2. The number of hydrogen-bond acceptors (Lipinski definition) is 5. The second-order valence-corrected chi connectivity index (χ2v) is 7.89. The molecule has 1 N–H and O–H groups in total. The summed E-state index contributed by atoms with van der Waals surface area (Å²) in [6, 6.07) is 3.84. The summed E-state index contributed by atoms with van der Waals surface area (Å²) in [7, 11) is 0. The van der Waals surface area contributed by atoms with E-state index in [0.717, 1.165) is 23.6 Å². The molecule has 0 saturated heterocycles. The number of hydrogen-bond donors (Lipinski definition) is 1. The zero-order valence-electron chi connectivity index (χ0n) is 17.3. The first-order chi connectivity index (χ1) is 14.0. The smallest absolute Gasteiger partial charge is 0.222 e. The van der Waals surface area contributed by atoms with Gasteiger partial charge in [-0.05, 0) is 30.4 Å². The molecule has 8 heteroatoms. The van der Waals surface area contributed by atoms with E-state index in [9.17, 15) is 9.59 Å². The lowest BCUT2D eigenvalue weighted by molar-refractivity contribution is -0.131. The van der Waals surface area contributed by atoms with E-state index in [1.807, 2.05) is 21.6 Å². The third-order valence-corrected chi connectivity index (χ3v) is 5.20. The van der Waals surface area contributed by atoms with Crippen molar-refractivity contribution in [2.75, 3.05) is 13.1 Å². The number of nitrogens with one attached hydrogen (secondary N) is 1. The Bertz CT molecular complexity index is 818. The summed E-state index contributed by atoms with van der Waals surface area (Å²) in [6.45, 7) is 6.61. The molecule has 3 rings (SSSR count). The molecule has 2 aromatic heterocycles. The fourth-order valence-corrected chi connectivity index (χ4v) is 3.40. The highest BCUT2D eigenvalue weighted by Gasteiger charge is 2.21. The Morgan fingerprint density at radius 3 is 2.79 bits per heavy atom. The van der Waals surface area contributed by atoms with Gasteiger partial charge in [-0.2, -0.15) is 0 Å². The molecule has 0 aromatic carbocycles. The highest BCUT2D eigenvalue weighted by atomic mass is 16.2. The number of nitrogens with zero attached hydrogens (tertiary/aromatic N) is 5. The quantitative estimate of drug-likeness (QED) is 0.731. The van der Waals surface area contributed by atoms with Crippen LogP contribution in [0, 0.1) is 5.92 Å². The summed E-state index contributed by atoms with van der Waals surface area (Å²) in [5, 5.41) is 11.4. The maximum absolute atomic E-state index is 12.4. The van der Waals surface area contributed by atoms with Gasteiger partial charge in [-0.15, -0.1) is 10.2 Å². The molecule has 1 aliphatic heterocycles. The van der Waals surface area contributed by atoms with Gasteiger partial charge in [0.2, 0.25) is 11.8 Å². The largest absolute Gasteiger partial charge is 0.349 e. The van der Waals surface area contributed by atoms with Crippen LogP contribution >= 0.6 is 0 Å². The fourth-order valence-electron chi connectivity index (χ4n) is 3.40. The average molecular weight is 399 g/mol. The topological polar surface area (TPSA) is 93.0 Å². The van der Waals surface area contributed by atoms with Gasteiger partial charge in [0.15, 0.2) is 5.82 Å². The van der Waals surface area contributed by atoms with Gasteiger partial charge < -0.3 is 14.8 Å². The molecule has 0 atom stereocenters. The predicted molar refractivity (Wildman–Crippen MR) is 109 cm³/mol. The highest BCUT2D eigenvalue weighted by Crippen LogP contribution is 2.13. The lowest BCUT2D eigenvalue weighted by Crippen LogP contribution is -2.34. The van der Waals surface area contributed by atoms with E-state index in [1.165, 1.54) is 0 Å². The molecule has 0 aliphatic carbocycles. The molecule has 2 amide bonds. The molecule has 0 bridgehead atoms. The Labute approximate surface area is 171 Å². The van der Waals surface area contributed by atoms with E-state index >= 15 is 0 Å². The molecule has 156 valence electrons. The van der Waals surface area contributed by atoms with Crippen LogP contribution < -0.4 is 5.32 Å². The number of carbonyl (C=O) groups is 2. The molecule has 3 heterocycles. The van der Waals surface area contributed by atoms with Crippen LogP contribution in [0.3, 0.4) is 0 Å². The Hall–Kier alpha value is -2.77. The Morgan fingerprint density at radius 2 is 2.03 bits per heavy atom. The van der Waals surface area contributed by atoms with E-state index in [-0.39, 0.29) is 11.8 Å². The lowest BCUT2D eigenvalue weighted by atomic mass is 10.1. The fraction of sp³-hybridized carbons (Fsp3) is 0.571. The van der Waals surface area contributed by atoms with Crippen LogP contribution in [0.5, 0.6) is 0 Å². The van der Waals surface area contributed by atoms with Crippen molar-refractivity contribution < 1.29 is 9.59 Å². The summed E-state index contributed by atoms with van der Waals surface area (Å²) in [4.78, 5) is 30.6. The van der Waals surface area contributed by atoms with Gasteiger partial charge in [0.05, 0.1) is 6.54 Å². The Kier molecular flexibility index (Phi) is 7.32. The van der Waals surface area contributed by atoms with E-state index in [2.05, 4.69) is 34.3 Å². The zero-order chi connectivity index (χ0) is 20.6. The van der Waals surface area contributed by atoms with Gasteiger partial charge in [-0.25, -0.2) is 0 Å². The maximum atomic E-state index is 12.4. The van der Waals surface area contributed by atoms with Crippen LogP contribution in [0.25, 0.3) is 0 Å². The van der Waals surface area contributed by atoms with Crippen molar-refractivity contribution >= 4 is 11.8 Å². The molecular weight excluding hydrogens is 368 g/mol. The van der Waals surface area contributed by atoms with E-state index in [0.29, 0.717) is 57.8 Å². The molecule has 29 heavy (non-hydrogen) atoms. The minimum atomic E-state index is -0.0229. The standard InChI is InChI=1S/C21H30N6O2/c1-16(2)5-8-21(29)26-11-9-18-24-25-19(27(18)13-12-26)15-23-20(28)7-6-17-4-3-10-22-14-17/h3-4,10,14,16H,5-9,11-13,15H2,1-2H3,(H,23,28). The first-order valence-corrected chi connectivity index (χ1v) is 10.4. The predicted octanol–water partition coefficient (Wildman–Crippen LogP) is 1.74. The first kappa shape index (κ1) is 21.0. The van der Waals surface area contributed by atoms with Crippen LogP contribution in [0.1, 0.15) is 50.3 Å². The van der Waals surface area contributed by atoms with Crippen molar-refractivity contribution in [1.29, 1.82) is 0 Å². The van der Waals surface area contributed by atoms with Crippen molar-refractivity contribution in [1.82, 2.24) is 30.0 Å². The lowest BCUT2D eigenvalue weighted by Gasteiger charge is -2.20. The zero-order valence-corrected chi connectivity index (χ0v) is 17.3. The minimum Gasteiger partial charge on any atom is -0.349 e. The maximum Gasteiger partial charge on any atom is 0.222 e. The van der Waals surface area contributed by atoms with Gasteiger partial charge in [-0.1, -0.05) is 19.9 Å². The monoisotopic (exact) mass is 398 g/mol. The highest BCUT2D eigenvalue weighted by molar-refractivity contribution is 5.76. The van der Waals surface area contributed by atoms with Gasteiger partial charge in [0.25, 0.3) is 0 Å². The van der Waals surface area contributed by atoms with Crippen molar-refractivity contribution in [3.05, 3.63) is 41.7 Å². The molecule has 0 unspecified atom stereocenters. The van der Waals surface area contributed by atoms with Crippen LogP contribution in [0.15, 0.2) is 24.5 Å². The van der Waals surface area contributed by atoms with Crippen LogP contribution in [0.4, 0.5) is 0 Å². The first-order valence-electron chi connectivity index (χ1n) is 10.4. The number of rotatable bonds is 8. The van der Waals surface area contributed by atoms with Gasteiger partial charge in [-0.3, -0.25) is 14.6 Å². The van der Waals surface area contributed by atoms with Crippen LogP contribution in [-0.4, -0.2) is 49.6 Å². The van der Waals surface area contributed by atoms with E-state index in [1.54, 1.807) is 12.4 Å². The third-order valence-electron chi connectivity index (χ3n) is 5.20. The molecule has 2 aromatic rings. The molecule has 8 nitrogen and oxygen atoms in total. The van der Waals surface area contributed by atoms with E-state index < -0.39 is 0 Å². The molecule has 0 radical (unpaired) electrons. The van der Waals surface area contributed by atoms with Crippen LogP contribution in [-0.2, 0) is 35.5 Å². The second-order valence-electron chi connectivity index (χ2n) is 7.89. The van der Waals surface area contributed by atoms with Crippen molar-refractivity contribution in [3.63, 3.8) is 0 Å². The summed E-state index contributed by atoms with van der Waals surface area (Å²) in [5.74, 6) is 2.34. The number of aryl methyl sites for hydroxylation is 1. The van der Waals surface area contributed by atoms with Crippen molar-refractivity contribution in [3.8, 4) is 0 Å². The molecule has 0 spiro atoms. The SMILES string of the molecule is CC(C)CCC(=O)N1CCc2nnc(CNC(=O)CCc3cccnc3)n2CC1. The summed E-state index contributed by atoms with van der Waals surface area (Å²) in [6.07, 6.45) is 6.76. The Morgan fingerprint density at radius 1 is 1.17 bits per heavy atom. The van der Waals surface area contributed by atoms with Gasteiger partial charge in [0.1, 0.15) is 5.82 Å². The van der Waals surface area contributed by atoms with E-state index in [4.69, 9.17) is 0 Å². The van der Waals surface area contributed by atoms with Crippen molar-refractivity contribution in [2.45, 2.75) is 59.0 Å². The van der Waals surface area contributed by atoms with Crippen molar-refractivity contribution in [2.24, 2.45) is 5.92 Å². The minimum absolute atomic E-state index is 0.0229. The van der Waals surface area contributed by atoms with Gasteiger partial charge in [0, 0.05) is 51.3 Å². The Balaban J connectivity index is 1.48. The molecule has 1 aliphatic rings. The summed E-state index contributed by atoms with van der Waals surface area (Å²) < 4.78 is 2.04. The summed E-state index contributed by atoms with van der Waals surface area (Å²) >= 11 is 0. The number of aromatic nitrogens is 4. The number of carbonyl (C=O) groups excluding carboxylic acids is 2. The number of pyridine rings is 1. The number of fused-ring (bicyclic) bond motifs is 1. The second kappa shape index (κ2) is 10.1. The average Bonchev–Trinajstić information content (AvgIpc) is 2.98. The molecular formula is C21H30N6O2. The molecule has 0 saturated carbocycles. The van der Waals surface area contributed by atoms with Gasteiger partial charge >= 0.3 is 0 Å². The van der Waals surface area contributed by atoms with Crippen LogP contribution in [0.2, 0.25) is 0 Å². The molecule has 0 fully saturated rings. The third kappa shape index (κ3) is 6.10. The normalized spacial score (nSPS) is 13.8. The summed E-state index contributed by atoms with van der Waals surface area (Å²) in [5.41, 5.74) is 1.04.